The highest BCUT2D eigenvalue weighted by Gasteiger charge is 2.71. The Balaban J connectivity index is 1.57. The van der Waals surface area contributed by atoms with Gasteiger partial charge >= 0.3 is 5.97 Å². The number of cyclic esters (lactones) is 1. The van der Waals surface area contributed by atoms with Gasteiger partial charge in [0.15, 0.2) is 0 Å². The fourth-order valence-electron chi connectivity index (χ4n) is 7.30. The summed E-state index contributed by atoms with van der Waals surface area (Å²) in [5.41, 5.74) is -0.598. The molecule has 244 valence electrons. The van der Waals surface area contributed by atoms with Crippen molar-refractivity contribution in [2.24, 2.45) is 11.8 Å². The van der Waals surface area contributed by atoms with Crippen molar-refractivity contribution in [3.05, 3.63) is 60.2 Å². The third-order valence-electron chi connectivity index (χ3n) is 9.85. The number of likely N-dealkylation sites (N-methyl/N-ethyl adjacent to an activating group) is 1. The van der Waals surface area contributed by atoms with Crippen LogP contribution in [0.2, 0.25) is 0 Å². The quantitative estimate of drug-likeness (QED) is 0.255. The van der Waals surface area contributed by atoms with Crippen molar-refractivity contribution in [1.29, 1.82) is 0 Å². The van der Waals surface area contributed by atoms with Gasteiger partial charge in [0.25, 0.3) is 0 Å². The molecule has 10 heteroatoms. The van der Waals surface area contributed by atoms with Crippen LogP contribution >= 0.6 is 0 Å². The number of hydrogen-bond donors (Lipinski definition) is 1. The molecule has 1 N–H and O–H groups in total. The van der Waals surface area contributed by atoms with E-state index in [4.69, 9.17) is 9.47 Å². The standard InChI is InChI=1S/C35H47N3O7/c1-4-5-20-37-21-14-19-35-29(32(41)38(31(35)33(37)42)22-12-7-13-23-39)28-26(45-35)17-10-11-18-27(40)36(3)24(2)30(44-34(28)43)25-15-8-6-9-16-25/h6,8-10,14-17,19,24,26,28-31,39H,4-5,7,11-13,18,20-23H2,1-3H3/b17-10-/t24-,26-,28+,29+,30+,31-,35+/m0/s1. The maximum absolute atomic E-state index is 14.5. The lowest BCUT2D eigenvalue weighted by molar-refractivity contribution is -0.164. The van der Waals surface area contributed by atoms with Gasteiger partial charge in [-0.1, -0.05) is 68.0 Å². The van der Waals surface area contributed by atoms with Crippen molar-refractivity contribution >= 4 is 23.7 Å². The maximum Gasteiger partial charge on any atom is 0.313 e. The summed E-state index contributed by atoms with van der Waals surface area (Å²) >= 11 is 0. The monoisotopic (exact) mass is 621 g/mol. The Labute approximate surface area is 266 Å². The normalized spacial score (nSPS) is 32.8. The van der Waals surface area contributed by atoms with Crippen LogP contribution in [0, 0.1) is 11.8 Å². The Morgan fingerprint density at radius 3 is 2.49 bits per heavy atom. The first kappa shape index (κ1) is 32.9. The summed E-state index contributed by atoms with van der Waals surface area (Å²) in [7, 11) is 1.72. The molecule has 5 rings (SSSR count). The van der Waals surface area contributed by atoms with Crippen molar-refractivity contribution in [3.63, 3.8) is 0 Å². The van der Waals surface area contributed by atoms with Gasteiger partial charge in [-0.2, -0.15) is 0 Å². The van der Waals surface area contributed by atoms with Crippen LogP contribution in [-0.2, 0) is 28.7 Å². The van der Waals surface area contributed by atoms with Gasteiger partial charge in [0.05, 0.1) is 18.1 Å². The number of aliphatic hydroxyl groups is 1. The molecule has 2 fully saturated rings. The van der Waals surface area contributed by atoms with Crippen LogP contribution in [0.15, 0.2) is 54.6 Å². The van der Waals surface area contributed by atoms with Crippen LogP contribution in [0.3, 0.4) is 0 Å². The zero-order chi connectivity index (χ0) is 32.1. The minimum Gasteiger partial charge on any atom is -0.455 e. The summed E-state index contributed by atoms with van der Waals surface area (Å²) in [6, 6.07) is 7.94. The summed E-state index contributed by atoms with van der Waals surface area (Å²) in [6.07, 6.45) is 10.1. The second kappa shape index (κ2) is 14.3. The average Bonchev–Trinajstić information content (AvgIpc) is 3.43. The zero-order valence-corrected chi connectivity index (χ0v) is 26.7. The van der Waals surface area contributed by atoms with E-state index >= 15 is 0 Å². The van der Waals surface area contributed by atoms with Gasteiger partial charge in [-0.3, -0.25) is 19.2 Å². The fraction of sp³-hybridized carbons (Fsp3) is 0.600. The highest BCUT2D eigenvalue weighted by atomic mass is 16.6. The molecule has 0 unspecified atom stereocenters. The predicted molar refractivity (Wildman–Crippen MR) is 168 cm³/mol. The van der Waals surface area contributed by atoms with E-state index in [2.05, 4.69) is 6.92 Å². The van der Waals surface area contributed by atoms with E-state index in [-0.39, 0.29) is 30.7 Å². The number of esters is 1. The third kappa shape index (κ3) is 6.31. The molecule has 10 nitrogen and oxygen atoms in total. The van der Waals surface area contributed by atoms with Crippen molar-refractivity contribution in [3.8, 4) is 0 Å². The number of ether oxygens (including phenoxy) is 2. The largest absolute Gasteiger partial charge is 0.455 e. The third-order valence-corrected chi connectivity index (χ3v) is 9.85. The number of allylic oxidation sites excluding steroid dienone is 1. The molecule has 0 aromatic heterocycles. The Kier molecular flexibility index (Phi) is 10.4. The molecule has 3 amide bonds. The van der Waals surface area contributed by atoms with Gasteiger partial charge < -0.3 is 29.3 Å². The zero-order valence-electron chi connectivity index (χ0n) is 26.7. The van der Waals surface area contributed by atoms with Gasteiger partial charge in [-0.05, 0) is 44.6 Å². The molecule has 1 spiro atoms. The Morgan fingerprint density at radius 1 is 0.978 bits per heavy atom. The molecule has 4 heterocycles. The molecule has 4 aliphatic heterocycles. The van der Waals surface area contributed by atoms with Crippen molar-refractivity contribution in [1.82, 2.24) is 14.7 Å². The van der Waals surface area contributed by atoms with Crippen molar-refractivity contribution in [2.45, 2.75) is 88.7 Å². The van der Waals surface area contributed by atoms with Crippen LogP contribution in [-0.4, -0.2) is 101 Å². The molecule has 0 radical (unpaired) electrons. The van der Waals surface area contributed by atoms with Crippen molar-refractivity contribution < 1.29 is 33.8 Å². The van der Waals surface area contributed by atoms with E-state index in [0.717, 1.165) is 18.4 Å². The highest BCUT2D eigenvalue weighted by molar-refractivity contribution is 5.99. The molecule has 0 saturated carbocycles. The first-order chi connectivity index (χ1) is 21.7. The molecule has 0 bridgehead atoms. The number of hydrogen-bond acceptors (Lipinski definition) is 7. The maximum atomic E-state index is 14.5. The molecule has 7 atom stereocenters. The number of carbonyl (C=O) groups is 4. The predicted octanol–water partition coefficient (Wildman–Crippen LogP) is 3.41. The summed E-state index contributed by atoms with van der Waals surface area (Å²) in [5, 5.41) is 9.32. The number of nitrogens with zero attached hydrogens (tertiary/aromatic N) is 3. The lowest BCUT2D eigenvalue weighted by Gasteiger charge is -2.35. The topological polar surface area (TPSA) is 117 Å². The molecular weight excluding hydrogens is 574 g/mol. The molecule has 45 heavy (non-hydrogen) atoms. The van der Waals surface area contributed by atoms with Gasteiger partial charge in [-0.15, -0.1) is 0 Å². The highest BCUT2D eigenvalue weighted by Crippen LogP contribution is 2.53. The van der Waals surface area contributed by atoms with E-state index in [1.165, 1.54) is 0 Å². The van der Waals surface area contributed by atoms with E-state index in [1.54, 1.807) is 27.8 Å². The molecule has 0 aliphatic carbocycles. The first-order valence-corrected chi connectivity index (χ1v) is 16.5. The SMILES string of the molecule is CCCCN1CC=C[C@@]23O[C@H]4/C=C\CCC(=O)N(C)[C@@H](C)[C@H](c5ccccc5)OC(=O)[C@H]4[C@@H]2C(=O)N(CCCCCO)[C@H]3C1=O. The number of rotatable bonds is 9. The number of benzene rings is 1. The molecular formula is C35H47N3O7. The Morgan fingerprint density at radius 2 is 1.76 bits per heavy atom. The first-order valence-electron chi connectivity index (χ1n) is 16.5. The van der Waals surface area contributed by atoms with Crippen LogP contribution in [0.5, 0.6) is 0 Å². The van der Waals surface area contributed by atoms with Gasteiger partial charge in [0.2, 0.25) is 17.7 Å². The number of aliphatic hydroxyl groups excluding tert-OH is 1. The van der Waals surface area contributed by atoms with Gasteiger partial charge in [-0.25, -0.2) is 0 Å². The number of likely N-dealkylation sites (tertiary alicyclic amines) is 1. The molecule has 1 aromatic rings. The average molecular weight is 622 g/mol. The summed E-state index contributed by atoms with van der Waals surface area (Å²) in [6.45, 7) is 5.28. The molecule has 1 aromatic carbocycles. The minimum absolute atomic E-state index is 0.0588. The van der Waals surface area contributed by atoms with E-state index in [1.807, 2.05) is 55.5 Å². The second-order valence-corrected chi connectivity index (χ2v) is 12.7. The van der Waals surface area contributed by atoms with Crippen molar-refractivity contribution in [2.75, 3.05) is 33.3 Å². The Hall–Kier alpha value is -3.50. The molecule has 2 saturated heterocycles. The summed E-state index contributed by atoms with van der Waals surface area (Å²) < 4.78 is 13.1. The summed E-state index contributed by atoms with van der Waals surface area (Å²) in [5.74, 6) is -3.07. The summed E-state index contributed by atoms with van der Waals surface area (Å²) in [4.78, 5) is 61.3. The van der Waals surface area contributed by atoms with Gasteiger partial charge in [0, 0.05) is 39.7 Å². The second-order valence-electron chi connectivity index (χ2n) is 12.7. The number of unbranched alkanes of at least 4 members (excludes halogenated alkanes) is 3. The number of carbonyl (C=O) groups excluding carboxylic acids is 4. The fourth-order valence-corrected chi connectivity index (χ4v) is 7.30. The number of fused-ring (bicyclic) bond motifs is 2. The van der Waals surface area contributed by atoms with Crippen LogP contribution in [0.1, 0.15) is 70.5 Å². The lowest BCUT2D eigenvalue weighted by Crippen LogP contribution is -2.55. The lowest BCUT2D eigenvalue weighted by atomic mass is 9.77. The smallest absolute Gasteiger partial charge is 0.313 e. The van der Waals surface area contributed by atoms with E-state index in [9.17, 15) is 24.3 Å². The van der Waals surface area contributed by atoms with E-state index < -0.39 is 47.7 Å². The van der Waals surface area contributed by atoms with Crippen LogP contribution in [0.4, 0.5) is 0 Å². The van der Waals surface area contributed by atoms with Crippen LogP contribution < -0.4 is 0 Å². The van der Waals surface area contributed by atoms with E-state index in [0.29, 0.717) is 45.3 Å². The Bertz CT molecular complexity index is 1300. The molecule has 4 aliphatic rings. The number of amides is 3. The van der Waals surface area contributed by atoms with Crippen LogP contribution in [0.25, 0.3) is 0 Å². The van der Waals surface area contributed by atoms with Gasteiger partial charge in [0.1, 0.15) is 23.7 Å². The minimum atomic E-state index is -1.34.